The first-order valence-electron chi connectivity index (χ1n) is 9.03. The van der Waals surface area contributed by atoms with Crippen molar-refractivity contribution in [3.05, 3.63) is 48.6 Å². The van der Waals surface area contributed by atoms with Gasteiger partial charge in [0.15, 0.2) is 8.32 Å². The monoisotopic (exact) mass is 376 g/mol. The van der Waals surface area contributed by atoms with E-state index in [-0.39, 0.29) is 11.0 Å². The van der Waals surface area contributed by atoms with Crippen LogP contribution in [0.3, 0.4) is 0 Å². The molecule has 1 rings (SSSR count). The van der Waals surface area contributed by atoms with E-state index < -0.39 is 26.5 Å². The molecule has 0 spiro atoms. The standard InChI is InChI=1S/C21H32O4Si/c1-8-12-18(24-20(23)17-13-10-9-11-14-17)16(2)19(15-22)25-26(6,7)21(3,4)5/h8-11,13-16,18-19H,1,12H2,2-7H3/t16-,18-,19-/m0/s1. The second-order valence-corrected chi connectivity index (χ2v) is 12.9. The molecule has 0 aliphatic carbocycles. The normalized spacial score (nSPS) is 15.6. The molecule has 0 heterocycles. The lowest BCUT2D eigenvalue weighted by atomic mass is 9.96. The summed E-state index contributed by atoms with van der Waals surface area (Å²) < 4.78 is 12.0. The van der Waals surface area contributed by atoms with E-state index in [4.69, 9.17) is 9.16 Å². The van der Waals surface area contributed by atoms with Gasteiger partial charge < -0.3 is 14.0 Å². The maximum absolute atomic E-state index is 12.4. The number of rotatable bonds is 9. The Kier molecular flexibility index (Phi) is 7.97. The predicted molar refractivity (Wildman–Crippen MR) is 108 cm³/mol. The molecule has 0 aromatic heterocycles. The van der Waals surface area contributed by atoms with Crippen molar-refractivity contribution in [3.63, 3.8) is 0 Å². The number of hydrogen-bond acceptors (Lipinski definition) is 4. The molecule has 1 aromatic rings. The Hall–Kier alpha value is -1.72. The maximum Gasteiger partial charge on any atom is 0.338 e. The summed E-state index contributed by atoms with van der Waals surface area (Å²) in [6.45, 7) is 16.2. The first-order chi connectivity index (χ1) is 12.0. The van der Waals surface area contributed by atoms with Gasteiger partial charge in [-0.3, -0.25) is 0 Å². The Morgan fingerprint density at radius 3 is 2.27 bits per heavy atom. The van der Waals surface area contributed by atoms with Gasteiger partial charge in [0.05, 0.1) is 5.56 Å². The zero-order valence-electron chi connectivity index (χ0n) is 16.8. The van der Waals surface area contributed by atoms with E-state index in [1.807, 2.05) is 13.0 Å². The average Bonchev–Trinajstić information content (AvgIpc) is 2.58. The third-order valence-corrected chi connectivity index (χ3v) is 9.62. The van der Waals surface area contributed by atoms with Gasteiger partial charge in [0.25, 0.3) is 0 Å². The predicted octanol–water partition coefficient (Wildman–Crippen LogP) is 5.01. The molecule has 0 unspecified atom stereocenters. The molecular formula is C21H32O4Si. The minimum Gasteiger partial charge on any atom is -0.458 e. The molecule has 144 valence electrons. The van der Waals surface area contributed by atoms with E-state index in [9.17, 15) is 9.59 Å². The minimum atomic E-state index is -2.12. The average molecular weight is 377 g/mol. The molecule has 0 aliphatic rings. The fourth-order valence-electron chi connectivity index (χ4n) is 2.30. The Balaban J connectivity index is 2.94. The topological polar surface area (TPSA) is 52.6 Å². The smallest absolute Gasteiger partial charge is 0.338 e. The number of carbonyl (C=O) groups excluding carboxylic acids is 2. The van der Waals surface area contributed by atoms with Gasteiger partial charge in [0.1, 0.15) is 18.5 Å². The molecule has 0 saturated carbocycles. The van der Waals surface area contributed by atoms with E-state index >= 15 is 0 Å². The fraction of sp³-hybridized carbons (Fsp3) is 0.524. The summed E-state index contributed by atoms with van der Waals surface area (Å²) in [6, 6.07) is 8.84. The number of ether oxygens (including phenoxy) is 1. The third-order valence-electron chi connectivity index (χ3n) is 5.14. The van der Waals surface area contributed by atoms with E-state index in [0.717, 1.165) is 6.29 Å². The highest BCUT2D eigenvalue weighted by molar-refractivity contribution is 6.74. The Bertz CT molecular complexity index is 604. The van der Waals surface area contributed by atoms with E-state index in [1.54, 1.807) is 30.3 Å². The summed E-state index contributed by atoms with van der Waals surface area (Å²) in [7, 11) is -2.12. The summed E-state index contributed by atoms with van der Waals surface area (Å²) in [4.78, 5) is 24.2. The number of hydrogen-bond donors (Lipinski definition) is 0. The number of benzene rings is 1. The Labute approximate surface area is 158 Å². The first-order valence-corrected chi connectivity index (χ1v) is 11.9. The van der Waals surface area contributed by atoms with Crippen LogP contribution in [-0.2, 0) is 14.0 Å². The number of esters is 1. The van der Waals surface area contributed by atoms with Gasteiger partial charge >= 0.3 is 5.97 Å². The van der Waals surface area contributed by atoms with Gasteiger partial charge in [0.2, 0.25) is 0 Å². The van der Waals surface area contributed by atoms with Crippen LogP contribution in [0.1, 0.15) is 44.5 Å². The molecule has 4 nitrogen and oxygen atoms in total. The first kappa shape index (κ1) is 22.3. The van der Waals surface area contributed by atoms with Gasteiger partial charge in [0, 0.05) is 12.3 Å². The zero-order valence-corrected chi connectivity index (χ0v) is 17.8. The molecule has 0 saturated heterocycles. The van der Waals surface area contributed by atoms with E-state index in [0.29, 0.717) is 12.0 Å². The summed E-state index contributed by atoms with van der Waals surface area (Å²) >= 11 is 0. The zero-order chi connectivity index (χ0) is 20.0. The van der Waals surface area contributed by atoms with E-state index in [1.165, 1.54) is 0 Å². The molecule has 0 N–H and O–H groups in total. The van der Waals surface area contributed by atoms with Crippen LogP contribution in [0, 0.1) is 5.92 Å². The highest BCUT2D eigenvalue weighted by Crippen LogP contribution is 2.38. The summed E-state index contributed by atoms with van der Waals surface area (Å²) in [5.41, 5.74) is 0.488. The SMILES string of the molecule is C=CC[C@H](OC(=O)c1ccccc1)[C@H](C)[C@H](C=O)O[Si](C)(C)C(C)(C)C. The van der Waals surface area contributed by atoms with Gasteiger partial charge in [-0.15, -0.1) is 6.58 Å². The number of carbonyl (C=O) groups is 2. The largest absolute Gasteiger partial charge is 0.458 e. The lowest BCUT2D eigenvalue weighted by molar-refractivity contribution is -0.118. The van der Waals surface area contributed by atoms with Crippen molar-refractivity contribution in [1.29, 1.82) is 0 Å². The fourth-order valence-corrected chi connectivity index (χ4v) is 3.61. The molecule has 26 heavy (non-hydrogen) atoms. The van der Waals surface area contributed by atoms with Crippen molar-refractivity contribution in [2.24, 2.45) is 5.92 Å². The lowest BCUT2D eigenvalue weighted by Gasteiger charge is -2.40. The molecule has 0 aliphatic heterocycles. The van der Waals surface area contributed by atoms with Crippen molar-refractivity contribution in [2.75, 3.05) is 0 Å². The van der Waals surface area contributed by atoms with Crippen LogP contribution in [0.5, 0.6) is 0 Å². The molecule has 1 aromatic carbocycles. The van der Waals surface area contributed by atoms with Crippen molar-refractivity contribution in [3.8, 4) is 0 Å². The molecule has 0 radical (unpaired) electrons. The Morgan fingerprint density at radius 1 is 1.23 bits per heavy atom. The highest BCUT2D eigenvalue weighted by atomic mass is 28.4. The highest BCUT2D eigenvalue weighted by Gasteiger charge is 2.41. The van der Waals surface area contributed by atoms with Gasteiger partial charge in [-0.05, 0) is 30.3 Å². The van der Waals surface area contributed by atoms with Crippen LogP contribution in [0.4, 0.5) is 0 Å². The van der Waals surface area contributed by atoms with Crippen LogP contribution in [-0.4, -0.2) is 32.8 Å². The molecular weight excluding hydrogens is 344 g/mol. The van der Waals surface area contributed by atoms with Gasteiger partial charge in [-0.25, -0.2) is 4.79 Å². The van der Waals surface area contributed by atoms with Gasteiger partial charge in [-0.2, -0.15) is 0 Å². The van der Waals surface area contributed by atoms with Crippen LogP contribution in [0.15, 0.2) is 43.0 Å². The molecule has 0 bridgehead atoms. The third kappa shape index (κ3) is 5.92. The lowest BCUT2D eigenvalue weighted by Crippen LogP contribution is -2.48. The minimum absolute atomic E-state index is 0.0113. The summed E-state index contributed by atoms with van der Waals surface area (Å²) in [6.07, 6.45) is 1.90. The molecule has 5 heteroatoms. The molecule has 3 atom stereocenters. The van der Waals surface area contributed by atoms with Crippen LogP contribution >= 0.6 is 0 Å². The van der Waals surface area contributed by atoms with Crippen LogP contribution in [0.2, 0.25) is 18.1 Å². The summed E-state index contributed by atoms with van der Waals surface area (Å²) in [5, 5.41) is -0.0113. The van der Waals surface area contributed by atoms with Crippen molar-refractivity contribution in [2.45, 2.75) is 64.5 Å². The van der Waals surface area contributed by atoms with Crippen molar-refractivity contribution < 1.29 is 18.8 Å². The van der Waals surface area contributed by atoms with Crippen LogP contribution in [0.25, 0.3) is 0 Å². The van der Waals surface area contributed by atoms with Crippen LogP contribution < -0.4 is 0 Å². The van der Waals surface area contributed by atoms with Gasteiger partial charge in [-0.1, -0.05) is 52.0 Å². The van der Waals surface area contributed by atoms with Crippen molar-refractivity contribution in [1.82, 2.24) is 0 Å². The van der Waals surface area contributed by atoms with E-state index in [2.05, 4.69) is 40.4 Å². The maximum atomic E-state index is 12.4. The summed E-state index contributed by atoms with van der Waals surface area (Å²) in [5.74, 6) is -0.673. The molecule has 0 fully saturated rings. The Morgan fingerprint density at radius 2 is 1.81 bits per heavy atom. The second-order valence-electron chi connectivity index (χ2n) is 8.17. The number of aldehydes is 1. The van der Waals surface area contributed by atoms with Crippen molar-refractivity contribution >= 4 is 20.6 Å². The quantitative estimate of drug-likeness (QED) is 0.263. The molecule has 0 amide bonds. The second kappa shape index (κ2) is 9.28.